The van der Waals surface area contributed by atoms with Crippen molar-refractivity contribution in [2.24, 2.45) is 0 Å². The molecule has 1 N–H and O–H groups in total. The summed E-state index contributed by atoms with van der Waals surface area (Å²) in [5, 5.41) is 3.05. The van der Waals surface area contributed by atoms with Crippen LogP contribution in [0.25, 0.3) is 11.3 Å². The van der Waals surface area contributed by atoms with E-state index in [1.807, 2.05) is 24.4 Å². The second kappa shape index (κ2) is 6.13. The summed E-state index contributed by atoms with van der Waals surface area (Å²) < 4.78 is 18.6. The Balaban J connectivity index is 1.71. The monoisotopic (exact) mass is 339 g/mol. The summed E-state index contributed by atoms with van der Waals surface area (Å²) in [5.41, 5.74) is 3.67. The zero-order valence-corrected chi connectivity index (χ0v) is 13.7. The predicted octanol–water partition coefficient (Wildman–Crippen LogP) is 4.64. The van der Waals surface area contributed by atoms with E-state index in [9.17, 15) is 4.39 Å². The maximum absolute atomic E-state index is 13.3. The smallest absolute Gasteiger partial charge is 0.227 e. The molecule has 6 heteroatoms. The molecule has 4 rings (SSSR count). The summed E-state index contributed by atoms with van der Waals surface area (Å²) in [6.45, 7) is 0. The Hall–Kier alpha value is -2.60. The number of anilines is 2. The lowest BCUT2D eigenvalue weighted by atomic mass is 10.1. The largest absolute Gasteiger partial charge is 0.497 e. The van der Waals surface area contributed by atoms with Crippen molar-refractivity contribution >= 4 is 23.4 Å². The number of benzene rings is 2. The van der Waals surface area contributed by atoms with Crippen molar-refractivity contribution in [1.29, 1.82) is 0 Å². The number of methoxy groups -OCH3 is 1. The van der Waals surface area contributed by atoms with Crippen LogP contribution in [-0.2, 0) is 5.75 Å². The topological polar surface area (TPSA) is 47.0 Å². The van der Waals surface area contributed by atoms with E-state index in [2.05, 4.69) is 15.3 Å². The highest BCUT2D eigenvalue weighted by Gasteiger charge is 2.19. The molecule has 0 amide bonds. The summed E-state index contributed by atoms with van der Waals surface area (Å²) in [6.07, 6.45) is 1.82. The molecule has 1 aliphatic rings. The van der Waals surface area contributed by atoms with Crippen LogP contribution < -0.4 is 10.1 Å². The maximum Gasteiger partial charge on any atom is 0.227 e. The van der Waals surface area contributed by atoms with Crippen LogP contribution in [0.15, 0.2) is 53.6 Å². The van der Waals surface area contributed by atoms with Gasteiger partial charge in [0.05, 0.1) is 12.8 Å². The van der Waals surface area contributed by atoms with Crippen molar-refractivity contribution in [2.75, 3.05) is 12.4 Å². The van der Waals surface area contributed by atoms with Crippen LogP contribution in [0.3, 0.4) is 0 Å². The maximum atomic E-state index is 13.3. The molecule has 0 fully saturated rings. The van der Waals surface area contributed by atoms with E-state index in [0.29, 0.717) is 11.6 Å². The molecule has 0 saturated carbocycles. The van der Waals surface area contributed by atoms with Gasteiger partial charge < -0.3 is 10.1 Å². The van der Waals surface area contributed by atoms with Crippen LogP contribution in [0.1, 0.15) is 5.56 Å². The molecule has 2 aromatic carbocycles. The highest BCUT2D eigenvalue weighted by Crippen LogP contribution is 2.42. The molecule has 0 bridgehead atoms. The van der Waals surface area contributed by atoms with Crippen molar-refractivity contribution in [3.63, 3.8) is 0 Å². The Kier molecular flexibility index (Phi) is 3.82. The number of thioether (sulfide) groups is 1. The van der Waals surface area contributed by atoms with Gasteiger partial charge in [-0.1, -0.05) is 6.07 Å². The van der Waals surface area contributed by atoms with Crippen LogP contribution in [0.4, 0.5) is 16.0 Å². The Morgan fingerprint density at radius 3 is 2.96 bits per heavy atom. The lowest BCUT2D eigenvalue weighted by molar-refractivity contribution is 0.414. The standard InChI is InChI=1S/C18H14FN3OS/c1-23-14-5-6-15-16(8-14)24-10-11-9-20-18(22-17(11)15)21-13-4-2-3-12(19)7-13/h2-9H,10H2,1H3,(H,20,21,22). The van der Waals surface area contributed by atoms with Gasteiger partial charge in [0.1, 0.15) is 11.6 Å². The summed E-state index contributed by atoms with van der Waals surface area (Å²) in [5.74, 6) is 1.80. The number of rotatable bonds is 3. The van der Waals surface area contributed by atoms with E-state index in [-0.39, 0.29) is 5.82 Å². The number of hydrogen-bond donors (Lipinski definition) is 1. The van der Waals surface area contributed by atoms with Gasteiger partial charge in [-0.25, -0.2) is 14.4 Å². The van der Waals surface area contributed by atoms with E-state index in [1.165, 1.54) is 12.1 Å². The molecular formula is C18H14FN3OS. The third-order valence-electron chi connectivity index (χ3n) is 3.77. The lowest BCUT2D eigenvalue weighted by Gasteiger charge is -2.19. The van der Waals surface area contributed by atoms with Gasteiger partial charge >= 0.3 is 0 Å². The number of hydrogen-bond acceptors (Lipinski definition) is 5. The lowest BCUT2D eigenvalue weighted by Crippen LogP contribution is -2.04. The van der Waals surface area contributed by atoms with Crippen LogP contribution in [0.2, 0.25) is 0 Å². The number of nitrogens with one attached hydrogen (secondary N) is 1. The van der Waals surface area contributed by atoms with Crippen molar-refractivity contribution in [2.45, 2.75) is 10.6 Å². The minimum Gasteiger partial charge on any atom is -0.497 e. The number of halogens is 1. The van der Waals surface area contributed by atoms with Crippen molar-refractivity contribution < 1.29 is 9.13 Å². The third kappa shape index (κ3) is 2.80. The van der Waals surface area contributed by atoms with E-state index in [4.69, 9.17) is 4.74 Å². The quantitative estimate of drug-likeness (QED) is 0.753. The SMILES string of the molecule is COc1ccc2c(c1)SCc1cnc(Nc3cccc(F)c3)nc1-2. The van der Waals surface area contributed by atoms with Crippen LogP contribution in [0, 0.1) is 5.82 Å². The molecule has 4 nitrogen and oxygen atoms in total. The van der Waals surface area contributed by atoms with Crippen LogP contribution in [0.5, 0.6) is 5.75 Å². The van der Waals surface area contributed by atoms with Crippen molar-refractivity contribution in [1.82, 2.24) is 9.97 Å². The molecular weight excluding hydrogens is 325 g/mol. The first-order valence-corrected chi connectivity index (χ1v) is 8.41. The molecule has 0 atom stereocenters. The minimum absolute atomic E-state index is 0.299. The fourth-order valence-electron chi connectivity index (χ4n) is 2.60. The minimum atomic E-state index is -0.299. The van der Waals surface area contributed by atoms with Gasteiger partial charge in [0, 0.05) is 33.7 Å². The molecule has 0 spiro atoms. The predicted molar refractivity (Wildman–Crippen MR) is 93.3 cm³/mol. The van der Waals surface area contributed by atoms with Gasteiger partial charge in [-0.15, -0.1) is 11.8 Å². The Bertz CT molecular complexity index is 917. The van der Waals surface area contributed by atoms with Gasteiger partial charge in [-0.2, -0.15) is 0 Å². The number of nitrogens with zero attached hydrogens (tertiary/aromatic N) is 2. The zero-order valence-electron chi connectivity index (χ0n) is 12.9. The Labute approximate surface area is 143 Å². The highest BCUT2D eigenvalue weighted by molar-refractivity contribution is 7.98. The number of fused-ring (bicyclic) bond motifs is 3. The Morgan fingerprint density at radius 2 is 2.12 bits per heavy atom. The molecule has 24 heavy (non-hydrogen) atoms. The van der Waals surface area contributed by atoms with Crippen LogP contribution >= 0.6 is 11.8 Å². The molecule has 0 aliphatic carbocycles. The fourth-order valence-corrected chi connectivity index (χ4v) is 3.64. The number of ether oxygens (including phenoxy) is 1. The van der Waals surface area contributed by atoms with Crippen molar-refractivity contribution in [3.8, 4) is 17.0 Å². The van der Waals surface area contributed by atoms with E-state index >= 15 is 0 Å². The molecule has 0 saturated heterocycles. The summed E-state index contributed by atoms with van der Waals surface area (Å²) >= 11 is 1.74. The van der Waals surface area contributed by atoms with Gasteiger partial charge in [0.15, 0.2) is 0 Å². The highest BCUT2D eigenvalue weighted by atomic mass is 32.2. The second-order valence-electron chi connectivity index (χ2n) is 5.35. The molecule has 3 aromatic rings. The van der Waals surface area contributed by atoms with E-state index < -0.39 is 0 Å². The second-order valence-corrected chi connectivity index (χ2v) is 6.37. The van der Waals surface area contributed by atoms with E-state index in [0.717, 1.165) is 33.2 Å². The summed E-state index contributed by atoms with van der Waals surface area (Å²) in [7, 11) is 1.66. The van der Waals surface area contributed by atoms with Crippen molar-refractivity contribution in [3.05, 3.63) is 60.0 Å². The van der Waals surface area contributed by atoms with Gasteiger partial charge in [-0.05, 0) is 36.4 Å². The average Bonchev–Trinajstić information content (AvgIpc) is 2.61. The van der Waals surface area contributed by atoms with Gasteiger partial charge in [-0.3, -0.25) is 0 Å². The zero-order chi connectivity index (χ0) is 16.5. The van der Waals surface area contributed by atoms with Crippen LogP contribution in [-0.4, -0.2) is 17.1 Å². The molecule has 0 radical (unpaired) electrons. The normalized spacial score (nSPS) is 12.2. The first kappa shape index (κ1) is 15.0. The number of aromatic nitrogens is 2. The molecule has 2 heterocycles. The summed E-state index contributed by atoms with van der Waals surface area (Å²) in [4.78, 5) is 10.1. The molecule has 1 aliphatic heterocycles. The molecule has 1 aromatic heterocycles. The average molecular weight is 339 g/mol. The Morgan fingerprint density at radius 1 is 1.21 bits per heavy atom. The fraction of sp³-hybridized carbons (Fsp3) is 0.111. The molecule has 120 valence electrons. The van der Waals surface area contributed by atoms with E-state index in [1.54, 1.807) is 31.0 Å². The third-order valence-corrected chi connectivity index (χ3v) is 4.88. The summed E-state index contributed by atoms with van der Waals surface area (Å²) in [6, 6.07) is 12.2. The van der Waals surface area contributed by atoms with Gasteiger partial charge in [0.2, 0.25) is 5.95 Å². The molecule has 0 unspecified atom stereocenters. The first-order chi connectivity index (χ1) is 11.7. The first-order valence-electron chi connectivity index (χ1n) is 7.42. The van der Waals surface area contributed by atoms with Gasteiger partial charge in [0.25, 0.3) is 0 Å².